The molecule has 2 rings (SSSR count). The number of halogens is 2. The first kappa shape index (κ1) is 18.4. The fraction of sp³-hybridized carbons (Fsp3) is 0.235. The van der Waals surface area contributed by atoms with Crippen molar-refractivity contribution < 1.29 is 9.47 Å². The van der Waals surface area contributed by atoms with Crippen molar-refractivity contribution in [3.63, 3.8) is 0 Å². The fourth-order valence-electron chi connectivity index (χ4n) is 2.13. The lowest BCUT2D eigenvalue weighted by atomic mass is 10.1. The van der Waals surface area contributed by atoms with Gasteiger partial charge in [0.25, 0.3) is 0 Å². The summed E-state index contributed by atoms with van der Waals surface area (Å²) in [5.41, 5.74) is 7.79. The van der Waals surface area contributed by atoms with Crippen LogP contribution >= 0.6 is 27.5 Å². The third-order valence-electron chi connectivity index (χ3n) is 3.33. The van der Waals surface area contributed by atoms with Crippen LogP contribution in [0.25, 0.3) is 0 Å². The van der Waals surface area contributed by atoms with Crippen LogP contribution in [-0.4, -0.2) is 26.7 Å². The Kier molecular flexibility index (Phi) is 6.75. The number of benzene rings is 2. The summed E-state index contributed by atoms with van der Waals surface area (Å²) in [5, 5.41) is 3.74. The summed E-state index contributed by atoms with van der Waals surface area (Å²) in [4.78, 5) is 4.33. The predicted octanol–water partition coefficient (Wildman–Crippen LogP) is 4.09. The number of methoxy groups -OCH3 is 2. The van der Waals surface area contributed by atoms with Gasteiger partial charge in [0.05, 0.1) is 14.2 Å². The molecular weight excluding hydrogens is 394 g/mol. The van der Waals surface area contributed by atoms with E-state index in [1.54, 1.807) is 26.4 Å². The van der Waals surface area contributed by atoms with Crippen molar-refractivity contribution in [2.45, 2.75) is 6.42 Å². The van der Waals surface area contributed by atoms with E-state index in [1.807, 2.05) is 24.3 Å². The summed E-state index contributed by atoms with van der Waals surface area (Å²) >= 11 is 9.50. The van der Waals surface area contributed by atoms with Crippen molar-refractivity contribution in [3.05, 3.63) is 51.5 Å². The van der Waals surface area contributed by atoms with E-state index in [0.717, 1.165) is 22.1 Å². The summed E-state index contributed by atoms with van der Waals surface area (Å²) in [6, 6.07) is 11.1. The van der Waals surface area contributed by atoms with E-state index in [0.29, 0.717) is 29.0 Å². The number of nitrogens with two attached hydrogens (primary N) is 1. The molecule has 0 spiro atoms. The third-order valence-corrected chi connectivity index (χ3v) is 4.34. The van der Waals surface area contributed by atoms with Crippen LogP contribution in [0.5, 0.6) is 11.5 Å². The van der Waals surface area contributed by atoms with E-state index in [4.69, 9.17) is 26.8 Å². The Labute approximate surface area is 154 Å². The van der Waals surface area contributed by atoms with Crippen LogP contribution in [0.4, 0.5) is 5.69 Å². The zero-order valence-corrected chi connectivity index (χ0v) is 15.8. The number of ether oxygens (including phenoxy) is 2. The van der Waals surface area contributed by atoms with Gasteiger partial charge in [-0.15, -0.1) is 0 Å². The molecule has 0 radical (unpaired) electrons. The maximum atomic E-state index is 6.00. The number of hydrogen-bond acceptors (Lipinski definition) is 3. The van der Waals surface area contributed by atoms with Crippen LogP contribution in [0.2, 0.25) is 5.02 Å². The molecule has 2 aromatic rings. The number of nitrogens with one attached hydrogen (secondary N) is 1. The minimum absolute atomic E-state index is 0.334. The minimum atomic E-state index is 0.334. The van der Waals surface area contributed by atoms with Crippen LogP contribution in [0.15, 0.2) is 45.9 Å². The summed E-state index contributed by atoms with van der Waals surface area (Å²) in [6.07, 6.45) is 0.732. The van der Waals surface area contributed by atoms with Crippen molar-refractivity contribution in [2.24, 2.45) is 10.7 Å². The van der Waals surface area contributed by atoms with Crippen LogP contribution in [0.3, 0.4) is 0 Å². The monoisotopic (exact) mass is 411 g/mol. The first-order valence-corrected chi connectivity index (χ1v) is 8.43. The van der Waals surface area contributed by atoms with Gasteiger partial charge in [0.2, 0.25) is 0 Å². The minimum Gasteiger partial charge on any atom is -0.493 e. The van der Waals surface area contributed by atoms with Gasteiger partial charge in [-0.3, -0.25) is 4.99 Å². The van der Waals surface area contributed by atoms with Gasteiger partial charge in [-0.05, 0) is 42.3 Å². The van der Waals surface area contributed by atoms with Gasteiger partial charge in [0, 0.05) is 27.8 Å². The molecule has 0 saturated carbocycles. The molecule has 0 amide bonds. The van der Waals surface area contributed by atoms with Crippen molar-refractivity contribution in [1.82, 2.24) is 0 Å². The molecule has 128 valence electrons. The Morgan fingerprint density at radius 3 is 2.62 bits per heavy atom. The van der Waals surface area contributed by atoms with Crippen molar-refractivity contribution in [1.29, 1.82) is 0 Å². The SMILES string of the molecule is COc1ccc(NC(N)=NCCc2cc(Cl)ccc2Br)cc1OC. The summed E-state index contributed by atoms with van der Waals surface area (Å²) in [6.45, 7) is 0.547. The molecule has 0 unspecified atom stereocenters. The second kappa shape index (κ2) is 8.80. The maximum Gasteiger partial charge on any atom is 0.193 e. The Bertz CT molecular complexity index is 738. The molecule has 3 N–H and O–H groups in total. The average Bonchev–Trinajstić information content (AvgIpc) is 2.57. The molecule has 0 heterocycles. The average molecular weight is 413 g/mol. The van der Waals surface area contributed by atoms with Crippen molar-refractivity contribution in [2.75, 3.05) is 26.1 Å². The Hall–Kier alpha value is -1.92. The lowest BCUT2D eigenvalue weighted by Crippen LogP contribution is -2.23. The van der Waals surface area contributed by atoms with Gasteiger partial charge in [-0.1, -0.05) is 27.5 Å². The lowest BCUT2D eigenvalue weighted by Gasteiger charge is -2.11. The third kappa shape index (κ3) is 5.04. The molecular formula is C17H19BrClN3O2. The second-order valence-electron chi connectivity index (χ2n) is 4.95. The Morgan fingerprint density at radius 2 is 1.92 bits per heavy atom. The summed E-state index contributed by atoms with van der Waals surface area (Å²) in [5.74, 6) is 1.61. The fourth-order valence-corrected chi connectivity index (χ4v) is 2.77. The topological polar surface area (TPSA) is 68.9 Å². The van der Waals surface area contributed by atoms with E-state index < -0.39 is 0 Å². The number of aliphatic imine (C=N–C) groups is 1. The van der Waals surface area contributed by atoms with E-state index in [2.05, 4.69) is 26.2 Å². The zero-order chi connectivity index (χ0) is 17.5. The van der Waals surface area contributed by atoms with Crippen LogP contribution in [0.1, 0.15) is 5.56 Å². The highest BCUT2D eigenvalue weighted by Crippen LogP contribution is 2.29. The molecule has 0 saturated heterocycles. The molecule has 2 aromatic carbocycles. The quantitative estimate of drug-likeness (QED) is 0.554. The van der Waals surface area contributed by atoms with E-state index in [1.165, 1.54) is 0 Å². The number of anilines is 1. The second-order valence-corrected chi connectivity index (χ2v) is 6.24. The highest BCUT2D eigenvalue weighted by molar-refractivity contribution is 9.10. The number of guanidine groups is 1. The summed E-state index contributed by atoms with van der Waals surface area (Å²) < 4.78 is 11.5. The van der Waals surface area contributed by atoms with Gasteiger partial charge in [0.1, 0.15) is 0 Å². The largest absolute Gasteiger partial charge is 0.493 e. The van der Waals surface area contributed by atoms with Gasteiger partial charge in [-0.2, -0.15) is 0 Å². The van der Waals surface area contributed by atoms with E-state index in [9.17, 15) is 0 Å². The highest BCUT2D eigenvalue weighted by atomic mass is 79.9. The van der Waals surface area contributed by atoms with Crippen LogP contribution < -0.4 is 20.5 Å². The maximum absolute atomic E-state index is 6.00. The Morgan fingerprint density at radius 1 is 1.17 bits per heavy atom. The van der Waals surface area contributed by atoms with Gasteiger partial charge < -0.3 is 20.5 Å². The number of nitrogens with zero attached hydrogens (tertiary/aromatic N) is 1. The molecule has 24 heavy (non-hydrogen) atoms. The molecule has 0 bridgehead atoms. The van der Waals surface area contributed by atoms with E-state index in [-0.39, 0.29) is 0 Å². The van der Waals surface area contributed by atoms with Gasteiger partial charge in [-0.25, -0.2) is 0 Å². The first-order valence-electron chi connectivity index (χ1n) is 7.26. The predicted molar refractivity (Wildman–Crippen MR) is 103 cm³/mol. The zero-order valence-electron chi connectivity index (χ0n) is 13.5. The van der Waals surface area contributed by atoms with Crippen molar-refractivity contribution in [3.8, 4) is 11.5 Å². The Balaban J connectivity index is 1.98. The molecule has 0 aliphatic rings. The van der Waals surface area contributed by atoms with Crippen LogP contribution in [-0.2, 0) is 6.42 Å². The molecule has 7 heteroatoms. The number of rotatable bonds is 6. The molecule has 5 nitrogen and oxygen atoms in total. The molecule has 0 fully saturated rings. The molecule has 0 aromatic heterocycles. The number of hydrogen-bond donors (Lipinski definition) is 2. The normalized spacial score (nSPS) is 11.2. The van der Waals surface area contributed by atoms with Crippen LogP contribution in [0, 0.1) is 0 Å². The van der Waals surface area contributed by atoms with Gasteiger partial charge >= 0.3 is 0 Å². The standard InChI is InChI=1S/C17H19BrClN3O2/c1-23-15-6-4-13(10-16(15)24-2)22-17(20)21-8-7-11-9-12(19)3-5-14(11)18/h3-6,9-10H,7-8H2,1-2H3,(H3,20,21,22). The highest BCUT2D eigenvalue weighted by Gasteiger charge is 2.05. The summed E-state index contributed by atoms with van der Waals surface area (Å²) in [7, 11) is 3.18. The van der Waals surface area contributed by atoms with E-state index >= 15 is 0 Å². The first-order chi connectivity index (χ1) is 11.5. The molecule has 0 aliphatic heterocycles. The van der Waals surface area contributed by atoms with Crippen molar-refractivity contribution >= 4 is 39.2 Å². The molecule has 0 atom stereocenters. The smallest absolute Gasteiger partial charge is 0.193 e. The lowest BCUT2D eigenvalue weighted by molar-refractivity contribution is 0.355. The van der Waals surface area contributed by atoms with Gasteiger partial charge in [0.15, 0.2) is 17.5 Å². The molecule has 0 aliphatic carbocycles.